The molecule has 0 saturated heterocycles. The Morgan fingerprint density at radius 1 is 0.667 bits per heavy atom. The topological polar surface area (TPSA) is 289 Å². The zero-order valence-corrected chi connectivity index (χ0v) is 20.7. The predicted octanol–water partition coefficient (Wildman–Crippen LogP) is -3.53. The molecular formula is C18H31N5O11S2. The molecule has 0 fully saturated rings. The maximum Gasteiger partial charge on any atom is 0.327 e. The number of carbonyl (C=O) groups is 7. The molecule has 0 spiro atoms. The van der Waals surface area contributed by atoms with E-state index in [1.807, 2.05) is 0 Å². The molecule has 0 aromatic carbocycles. The Morgan fingerprint density at radius 3 is 1.36 bits per heavy atom. The van der Waals surface area contributed by atoms with Crippen molar-refractivity contribution in [2.45, 2.75) is 49.9 Å². The summed E-state index contributed by atoms with van der Waals surface area (Å²) in [4.78, 5) is 75.8. The Balaban J connectivity index is 0. The number of nitrogens with one attached hydrogen (secondary N) is 3. The number of carboxylic acid groups (broad SMARTS) is 4. The maximum absolute atomic E-state index is 11.5. The normalized spacial score (nSPS) is 13.4. The Bertz CT molecular complexity index is 799. The van der Waals surface area contributed by atoms with Crippen LogP contribution in [0.4, 0.5) is 0 Å². The fourth-order valence-corrected chi connectivity index (χ4v) is 2.52. The number of carboxylic acids is 4. The fourth-order valence-electron chi connectivity index (χ4n) is 2.02. The van der Waals surface area contributed by atoms with E-state index < -0.39 is 72.3 Å². The number of carbonyl (C=O) groups excluding carboxylic acids is 3. The molecule has 36 heavy (non-hydrogen) atoms. The summed E-state index contributed by atoms with van der Waals surface area (Å²) in [5, 5.41) is 40.6. The molecule has 0 aliphatic heterocycles. The van der Waals surface area contributed by atoms with E-state index in [9.17, 15) is 33.6 Å². The molecule has 0 aliphatic carbocycles. The van der Waals surface area contributed by atoms with E-state index in [1.165, 1.54) is 0 Å². The third kappa shape index (κ3) is 17.4. The van der Waals surface area contributed by atoms with Crippen molar-refractivity contribution in [2.24, 2.45) is 11.5 Å². The standard InChI is InChI=1S/C10H17N3O6S.C8H14N2O5S/c11-5(10(18)19)1-2-7(14)13-6(4-20)9(17)12-3-8(15)16;9-4(7(12)13)1-2-6(11)10-5(3-16)8(14)15/h5-6,20H,1-4,11H2,(H,12,17)(H,13,14)(H,15,16)(H,18,19);4-5,16H,1-3,9H2,(H,10,11)(H,12,13)(H,14,15)/t5-,6-;4-,5-/m00/s1. The number of hydrogen-bond donors (Lipinski definition) is 11. The van der Waals surface area contributed by atoms with Gasteiger partial charge in [0.15, 0.2) is 0 Å². The third-order valence-electron chi connectivity index (χ3n) is 4.06. The zero-order valence-electron chi connectivity index (χ0n) is 19.0. The number of thiol groups is 2. The summed E-state index contributed by atoms with van der Waals surface area (Å²) in [5.41, 5.74) is 10.4. The number of aliphatic carboxylic acids is 4. The average molecular weight is 558 g/mol. The first-order valence-electron chi connectivity index (χ1n) is 10.2. The summed E-state index contributed by atoms with van der Waals surface area (Å²) in [5.74, 6) is -6.68. The summed E-state index contributed by atoms with van der Waals surface area (Å²) in [6.45, 7) is -0.567. The van der Waals surface area contributed by atoms with Crippen molar-refractivity contribution in [3.05, 3.63) is 0 Å². The minimum absolute atomic E-state index is 0.0256. The van der Waals surface area contributed by atoms with Gasteiger partial charge in [0.25, 0.3) is 0 Å². The molecule has 0 bridgehead atoms. The zero-order chi connectivity index (χ0) is 28.4. The first kappa shape index (κ1) is 35.1. The molecule has 11 N–H and O–H groups in total. The monoisotopic (exact) mass is 557 g/mol. The van der Waals surface area contributed by atoms with Crippen LogP contribution in [0, 0.1) is 0 Å². The highest BCUT2D eigenvalue weighted by Crippen LogP contribution is 1.98. The lowest BCUT2D eigenvalue weighted by molar-refractivity contribution is -0.141. The van der Waals surface area contributed by atoms with Crippen molar-refractivity contribution in [1.29, 1.82) is 0 Å². The first-order chi connectivity index (χ1) is 16.7. The van der Waals surface area contributed by atoms with Gasteiger partial charge in [0.05, 0.1) is 0 Å². The van der Waals surface area contributed by atoms with E-state index in [0.29, 0.717) is 0 Å². The second-order valence-electron chi connectivity index (χ2n) is 7.02. The Kier molecular flexibility index (Phi) is 18.6. The van der Waals surface area contributed by atoms with Gasteiger partial charge < -0.3 is 47.8 Å². The van der Waals surface area contributed by atoms with Gasteiger partial charge in [0.1, 0.15) is 30.7 Å². The summed E-state index contributed by atoms with van der Waals surface area (Å²) in [7, 11) is 0. The molecule has 18 heteroatoms. The van der Waals surface area contributed by atoms with E-state index in [2.05, 4.69) is 41.2 Å². The van der Waals surface area contributed by atoms with Crippen molar-refractivity contribution in [3.63, 3.8) is 0 Å². The minimum atomic E-state index is -1.22. The Hall–Kier alpha value is -3.09. The number of amides is 3. The molecule has 3 amide bonds. The van der Waals surface area contributed by atoms with Crippen LogP contribution in [0.25, 0.3) is 0 Å². The molecule has 0 saturated carbocycles. The van der Waals surface area contributed by atoms with E-state index in [-0.39, 0.29) is 37.2 Å². The highest BCUT2D eigenvalue weighted by Gasteiger charge is 2.21. The largest absolute Gasteiger partial charge is 0.480 e. The lowest BCUT2D eigenvalue weighted by Gasteiger charge is -2.16. The van der Waals surface area contributed by atoms with Crippen LogP contribution in [0.1, 0.15) is 25.7 Å². The van der Waals surface area contributed by atoms with Gasteiger partial charge in [-0.15, -0.1) is 0 Å². The number of nitrogens with two attached hydrogens (primary N) is 2. The Labute approximate surface area is 216 Å². The quantitative estimate of drug-likeness (QED) is 0.0821. The van der Waals surface area contributed by atoms with Gasteiger partial charge in [-0.2, -0.15) is 25.3 Å². The van der Waals surface area contributed by atoms with Crippen LogP contribution in [0.15, 0.2) is 0 Å². The average Bonchev–Trinajstić information content (AvgIpc) is 2.80. The van der Waals surface area contributed by atoms with Crippen LogP contribution in [0.3, 0.4) is 0 Å². The maximum atomic E-state index is 11.5. The van der Waals surface area contributed by atoms with Crippen LogP contribution in [-0.2, 0) is 33.6 Å². The van der Waals surface area contributed by atoms with Crippen LogP contribution in [0.5, 0.6) is 0 Å². The van der Waals surface area contributed by atoms with Gasteiger partial charge in [-0.3, -0.25) is 28.8 Å². The van der Waals surface area contributed by atoms with Crippen molar-refractivity contribution < 1.29 is 54.0 Å². The highest BCUT2D eigenvalue weighted by molar-refractivity contribution is 7.80. The SMILES string of the molecule is N[C@@H](CCC(=O)N[C@@H](CS)C(=O)NCC(=O)O)C(=O)O.N[C@@H](CCC(=O)N[C@@H](CS)C(=O)O)C(=O)O. The van der Waals surface area contributed by atoms with Crippen LogP contribution >= 0.6 is 25.3 Å². The van der Waals surface area contributed by atoms with Crippen molar-refractivity contribution in [1.82, 2.24) is 16.0 Å². The van der Waals surface area contributed by atoms with Crippen molar-refractivity contribution in [3.8, 4) is 0 Å². The summed E-state index contributed by atoms with van der Waals surface area (Å²) in [6, 6.07) is -4.34. The first-order valence-corrected chi connectivity index (χ1v) is 11.4. The van der Waals surface area contributed by atoms with E-state index >= 15 is 0 Å². The Morgan fingerprint density at radius 2 is 1.06 bits per heavy atom. The van der Waals surface area contributed by atoms with Gasteiger partial charge in [-0.25, -0.2) is 4.79 Å². The molecule has 0 unspecified atom stereocenters. The van der Waals surface area contributed by atoms with Gasteiger partial charge in [0.2, 0.25) is 17.7 Å². The number of hydrogen-bond acceptors (Lipinski definition) is 11. The molecule has 0 aromatic rings. The van der Waals surface area contributed by atoms with E-state index in [1.54, 1.807) is 0 Å². The number of rotatable bonds is 16. The summed E-state index contributed by atoms with van der Waals surface area (Å²) in [6.07, 6.45) is -0.410. The molecule has 16 nitrogen and oxygen atoms in total. The van der Waals surface area contributed by atoms with Crippen LogP contribution in [-0.4, -0.2) is 104 Å². The van der Waals surface area contributed by atoms with Crippen molar-refractivity contribution >= 4 is 66.9 Å². The molecule has 0 rings (SSSR count). The van der Waals surface area contributed by atoms with Crippen LogP contribution < -0.4 is 27.4 Å². The van der Waals surface area contributed by atoms with Crippen molar-refractivity contribution in [2.75, 3.05) is 18.1 Å². The van der Waals surface area contributed by atoms with Gasteiger partial charge in [-0.1, -0.05) is 0 Å². The van der Waals surface area contributed by atoms with Gasteiger partial charge in [-0.05, 0) is 12.8 Å². The molecule has 4 atom stereocenters. The van der Waals surface area contributed by atoms with E-state index in [4.69, 9.17) is 31.9 Å². The minimum Gasteiger partial charge on any atom is -0.480 e. The lowest BCUT2D eigenvalue weighted by Crippen LogP contribution is -2.49. The second kappa shape index (κ2) is 19.1. The second-order valence-corrected chi connectivity index (χ2v) is 7.75. The molecular weight excluding hydrogens is 526 g/mol. The van der Waals surface area contributed by atoms with E-state index in [0.717, 1.165) is 0 Å². The smallest absolute Gasteiger partial charge is 0.327 e. The highest BCUT2D eigenvalue weighted by atomic mass is 32.1. The molecule has 0 radical (unpaired) electrons. The fraction of sp³-hybridized carbons (Fsp3) is 0.611. The lowest BCUT2D eigenvalue weighted by atomic mass is 10.1. The molecule has 0 heterocycles. The predicted molar refractivity (Wildman–Crippen MR) is 130 cm³/mol. The molecule has 0 aromatic heterocycles. The third-order valence-corrected chi connectivity index (χ3v) is 4.79. The summed E-state index contributed by atoms with van der Waals surface area (Å²) >= 11 is 7.63. The molecule has 206 valence electrons. The van der Waals surface area contributed by atoms with Gasteiger partial charge in [0, 0.05) is 24.3 Å². The summed E-state index contributed by atoms with van der Waals surface area (Å²) < 4.78 is 0. The van der Waals surface area contributed by atoms with Gasteiger partial charge >= 0.3 is 23.9 Å². The molecule has 0 aliphatic rings. The van der Waals surface area contributed by atoms with Crippen LogP contribution in [0.2, 0.25) is 0 Å².